The molecule has 0 fully saturated rings. The minimum absolute atomic E-state index is 0.0590. The van der Waals surface area contributed by atoms with E-state index < -0.39 is 40.7 Å². The number of aliphatic carboxylic acids is 1. The number of aromatic nitrogens is 4. The van der Waals surface area contributed by atoms with Crippen molar-refractivity contribution in [1.82, 2.24) is 19.5 Å². The fourth-order valence-electron chi connectivity index (χ4n) is 3.55. The molecule has 0 saturated carbocycles. The van der Waals surface area contributed by atoms with Gasteiger partial charge in [-0.15, -0.1) is 0 Å². The number of imidazole rings is 1. The van der Waals surface area contributed by atoms with Crippen LogP contribution in [0.15, 0.2) is 55.1 Å². The summed E-state index contributed by atoms with van der Waals surface area (Å²) in [5, 5.41) is 15.7. The first-order valence-electron chi connectivity index (χ1n) is 11.4. The summed E-state index contributed by atoms with van der Waals surface area (Å²) in [7, 11) is 0. The number of amides is 3. The average Bonchev–Trinajstić information content (AvgIpc) is 3.33. The first-order chi connectivity index (χ1) is 18.9. The molecule has 2 aromatic carbocycles. The molecule has 6 N–H and O–H groups in total. The molecule has 40 heavy (non-hydrogen) atoms. The van der Waals surface area contributed by atoms with Gasteiger partial charge in [-0.3, -0.25) is 14.2 Å². The fourth-order valence-corrected chi connectivity index (χ4v) is 3.78. The normalized spacial score (nSPS) is 12.1. The highest BCUT2D eigenvalue weighted by atomic mass is 35.5. The van der Waals surface area contributed by atoms with E-state index in [9.17, 15) is 27.6 Å². The number of halogens is 4. The van der Waals surface area contributed by atoms with Gasteiger partial charge in [0.05, 0.1) is 16.6 Å². The number of hydrogen-bond donors (Lipinski definition) is 5. The zero-order chi connectivity index (χ0) is 29.0. The molecule has 0 aliphatic carbocycles. The zero-order valence-corrected chi connectivity index (χ0v) is 21.0. The summed E-state index contributed by atoms with van der Waals surface area (Å²) in [6, 6.07) is 7.54. The number of carboxylic acid groups (broad SMARTS) is 1. The summed E-state index contributed by atoms with van der Waals surface area (Å²) in [6.45, 7) is 0. The maximum atomic E-state index is 13.1. The van der Waals surface area contributed by atoms with E-state index in [0.29, 0.717) is 17.0 Å². The molecule has 1 atom stereocenters. The second-order valence-corrected chi connectivity index (χ2v) is 8.76. The first kappa shape index (κ1) is 28.3. The quantitative estimate of drug-likeness (QED) is 0.206. The molecule has 4 rings (SSSR count). The lowest BCUT2D eigenvalue weighted by molar-refractivity contribution is -0.138. The van der Waals surface area contributed by atoms with E-state index in [-0.39, 0.29) is 29.9 Å². The molecule has 2 heterocycles. The van der Waals surface area contributed by atoms with Crippen LogP contribution in [0.5, 0.6) is 0 Å². The van der Waals surface area contributed by atoms with Gasteiger partial charge in [-0.1, -0.05) is 11.6 Å². The van der Waals surface area contributed by atoms with Crippen LogP contribution < -0.4 is 21.7 Å². The lowest BCUT2D eigenvalue weighted by Crippen LogP contribution is -2.36. The fraction of sp³-hybridized carbons (Fsp3) is 0.167. The van der Waals surface area contributed by atoms with Crippen LogP contribution in [-0.2, 0) is 15.8 Å². The molecule has 3 amide bonds. The third-order valence-corrected chi connectivity index (χ3v) is 5.84. The van der Waals surface area contributed by atoms with Crippen molar-refractivity contribution in [2.45, 2.75) is 25.1 Å². The Bertz CT molecular complexity index is 1580. The molecule has 0 bridgehead atoms. The summed E-state index contributed by atoms with van der Waals surface area (Å²) < 4.78 is 40.8. The molecular weight excluding hydrogens is 557 g/mol. The van der Waals surface area contributed by atoms with Crippen molar-refractivity contribution in [3.05, 3.63) is 65.7 Å². The predicted molar refractivity (Wildman–Crippen MR) is 139 cm³/mol. The maximum absolute atomic E-state index is 13.1. The number of urea groups is 1. The second kappa shape index (κ2) is 11.5. The molecular formula is C24H20ClF3N8O4. The molecule has 16 heteroatoms. The van der Waals surface area contributed by atoms with Crippen molar-refractivity contribution in [2.24, 2.45) is 5.73 Å². The van der Waals surface area contributed by atoms with Crippen LogP contribution in [0.25, 0.3) is 16.9 Å². The van der Waals surface area contributed by atoms with Gasteiger partial charge in [-0.25, -0.2) is 19.7 Å². The predicted octanol–water partition coefficient (Wildman–Crippen LogP) is 4.26. The van der Waals surface area contributed by atoms with Crippen molar-refractivity contribution >= 4 is 57.9 Å². The summed E-state index contributed by atoms with van der Waals surface area (Å²) in [5.74, 6) is -1.61. The van der Waals surface area contributed by atoms with Crippen molar-refractivity contribution in [3.63, 3.8) is 0 Å². The molecule has 0 radical (unpaired) electrons. The Morgan fingerprint density at radius 1 is 1.00 bits per heavy atom. The van der Waals surface area contributed by atoms with E-state index in [4.69, 9.17) is 22.4 Å². The monoisotopic (exact) mass is 576 g/mol. The topological polar surface area (TPSA) is 177 Å². The highest BCUT2D eigenvalue weighted by molar-refractivity contribution is 6.31. The van der Waals surface area contributed by atoms with Crippen LogP contribution in [0.3, 0.4) is 0 Å². The molecule has 12 nitrogen and oxygen atoms in total. The lowest BCUT2D eigenvalue weighted by Gasteiger charge is -2.12. The van der Waals surface area contributed by atoms with Crippen LogP contribution >= 0.6 is 11.6 Å². The van der Waals surface area contributed by atoms with Crippen LogP contribution in [0.4, 0.5) is 35.2 Å². The Labute approximate surface area is 228 Å². The van der Waals surface area contributed by atoms with Gasteiger partial charge in [0.2, 0.25) is 5.91 Å². The molecule has 0 spiro atoms. The van der Waals surface area contributed by atoms with Gasteiger partial charge >= 0.3 is 18.2 Å². The lowest BCUT2D eigenvalue weighted by atomic mass is 10.1. The number of carbonyl (C=O) groups excluding carboxylic acids is 2. The summed E-state index contributed by atoms with van der Waals surface area (Å²) in [6.07, 6.45) is -2.36. The number of carboxylic acids is 1. The number of nitrogens with one attached hydrogen (secondary N) is 3. The second-order valence-electron chi connectivity index (χ2n) is 8.36. The van der Waals surface area contributed by atoms with Crippen LogP contribution in [0.2, 0.25) is 5.02 Å². The third kappa shape index (κ3) is 6.62. The molecule has 208 valence electrons. The summed E-state index contributed by atoms with van der Waals surface area (Å²) in [5.41, 5.74) is 6.09. The minimum Gasteiger partial charge on any atom is -0.481 e. The Kier molecular flexibility index (Phi) is 8.16. The number of hydrogen-bond acceptors (Lipinski definition) is 7. The molecule has 1 unspecified atom stereocenters. The number of nitrogens with two attached hydrogens (primary N) is 1. The van der Waals surface area contributed by atoms with Crippen LogP contribution in [-0.4, -0.2) is 48.6 Å². The van der Waals surface area contributed by atoms with Gasteiger partial charge in [0, 0.05) is 23.5 Å². The van der Waals surface area contributed by atoms with Gasteiger partial charge in [0.15, 0.2) is 17.0 Å². The largest absolute Gasteiger partial charge is 0.481 e. The van der Waals surface area contributed by atoms with Crippen molar-refractivity contribution in [1.29, 1.82) is 0 Å². The van der Waals surface area contributed by atoms with Gasteiger partial charge in [-0.2, -0.15) is 13.2 Å². The summed E-state index contributed by atoms with van der Waals surface area (Å²) in [4.78, 5) is 47.8. The smallest absolute Gasteiger partial charge is 0.417 e. The number of anilines is 3. The molecule has 0 saturated heterocycles. The van der Waals surface area contributed by atoms with E-state index in [1.54, 1.807) is 28.8 Å². The molecule has 2 aromatic heterocycles. The average molecular weight is 577 g/mol. The maximum Gasteiger partial charge on any atom is 0.417 e. The molecule has 4 aromatic rings. The number of carbonyl (C=O) groups is 3. The molecule has 0 aliphatic heterocycles. The van der Waals surface area contributed by atoms with E-state index in [0.717, 1.165) is 12.1 Å². The van der Waals surface area contributed by atoms with Gasteiger partial charge < -0.3 is 26.8 Å². The van der Waals surface area contributed by atoms with Gasteiger partial charge in [-0.05, 0) is 48.9 Å². The highest BCUT2D eigenvalue weighted by Gasteiger charge is 2.33. The Hall–Kier alpha value is -4.76. The van der Waals surface area contributed by atoms with Crippen molar-refractivity contribution < 1.29 is 32.7 Å². The van der Waals surface area contributed by atoms with E-state index in [1.165, 1.54) is 18.7 Å². The number of alkyl halides is 3. The zero-order valence-electron chi connectivity index (χ0n) is 20.2. The van der Waals surface area contributed by atoms with Gasteiger partial charge in [0.25, 0.3) is 0 Å². The highest BCUT2D eigenvalue weighted by Crippen LogP contribution is 2.36. The van der Waals surface area contributed by atoms with Crippen molar-refractivity contribution in [2.75, 3.05) is 16.0 Å². The van der Waals surface area contributed by atoms with Crippen molar-refractivity contribution in [3.8, 4) is 5.69 Å². The van der Waals surface area contributed by atoms with E-state index in [1.807, 2.05) is 0 Å². The SMILES string of the molecule is NC(CCC(=O)O)C(=O)Nc1ncnc2c1ncn2-c1ccc(NC(=O)Nc2ccc(Cl)c(C(F)(F)F)c2)cc1. The minimum atomic E-state index is -4.68. The third-order valence-electron chi connectivity index (χ3n) is 5.51. The number of rotatable bonds is 8. The summed E-state index contributed by atoms with van der Waals surface area (Å²) >= 11 is 5.60. The first-order valence-corrected chi connectivity index (χ1v) is 11.8. The van der Waals surface area contributed by atoms with Crippen LogP contribution in [0.1, 0.15) is 18.4 Å². The number of benzene rings is 2. The Balaban J connectivity index is 1.45. The van der Waals surface area contributed by atoms with E-state index in [2.05, 4.69) is 30.9 Å². The standard InChI is InChI=1S/C24H20ClF3N8O4/c25-16-6-3-13(9-15(16)24(26,27)28)34-23(40)33-12-1-4-14(5-2-12)36-11-32-19-20(30-10-31-21(19)36)35-22(39)17(29)7-8-18(37)38/h1-6,9-11,17H,7-8,29H2,(H,37,38)(H2,33,34,40)(H,30,31,35,39). The van der Waals surface area contributed by atoms with Crippen LogP contribution in [0, 0.1) is 0 Å². The molecule has 0 aliphatic rings. The van der Waals surface area contributed by atoms with E-state index >= 15 is 0 Å². The van der Waals surface area contributed by atoms with Gasteiger partial charge in [0.1, 0.15) is 12.7 Å². The number of fused-ring (bicyclic) bond motifs is 1. The Morgan fingerprint density at radius 3 is 2.35 bits per heavy atom. The number of nitrogens with zero attached hydrogens (tertiary/aromatic N) is 4. The Morgan fingerprint density at radius 2 is 1.68 bits per heavy atom.